The Bertz CT molecular complexity index is 86.6. The van der Waals surface area contributed by atoms with Crippen molar-refractivity contribution in [2.24, 2.45) is 11.5 Å². The topological polar surface area (TPSA) is 112 Å². The minimum atomic E-state index is -0.312. The summed E-state index contributed by atoms with van der Waals surface area (Å²) in [5.74, 6) is -0.625. The molecule has 0 heterocycles. The Balaban J connectivity index is 0. The first-order valence-corrected chi connectivity index (χ1v) is 1.58. The molecule has 0 spiro atoms. The second-order valence-corrected chi connectivity index (χ2v) is 0.952. The standard InChI is InChI=1S/C2H7N5.H/c3-1(4)7-2(5)6;/h(H7,3,4,5,6,7);. The molecule has 0 aromatic heterocycles. The predicted octanol–water partition coefficient (Wildman–Crippen LogP) is -1.52. The molecule has 0 unspecified atom stereocenters. The molecule has 0 aromatic carbocycles. The van der Waals surface area contributed by atoms with Crippen molar-refractivity contribution in [2.45, 2.75) is 0 Å². The number of hydrogen-bond donors (Lipinski definition) is 5. The largest absolute Gasteiger partial charge is 0.370 e. The van der Waals surface area contributed by atoms with E-state index in [9.17, 15) is 0 Å². The molecule has 5 nitrogen and oxygen atoms in total. The van der Waals surface area contributed by atoms with Crippen molar-refractivity contribution in [3.8, 4) is 0 Å². The molecule has 41 valence electrons. The second kappa shape index (κ2) is 2.01. The third kappa shape index (κ3) is 4.74. The number of nitrogens with one attached hydrogen (secondary N) is 3. The molecule has 0 bridgehead atoms. The van der Waals surface area contributed by atoms with Gasteiger partial charge >= 0.3 is 0 Å². The molecule has 0 aromatic rings. The van der Waals surface area contributed by atoms with Gasteiger partial charge in [0, 0.05) is 1.43 Å². The van der Waals surface area contributed by atoms with Crippen molar-refractivity contribution in [1.29, 1.82) is 10.8 Å². The highest BCUT2D eigenvalue weighted by atomic mass is 15.1. The van der Waals surface area contributed by atoms with E-state index in [1.807, 2.05) is 5.32 Å². The van der Waals surface area contributed by atoms with E-state index in [1.54, 1.807) is 0 Å². The summed E-state index contributed by atoms with van der Waals surface area (Å²) in [6, 6.07) is 0. The highest BCUT2D eigenvalue weighted by Crippen LogP contribution is 1.44. The van der Waals surface area contributed by atoms with Gasteiger partial charge in [-0.05, 0) is 0 Å². The van der Waals surface area contributed by atoms with Crippen LogP contribution in [0.5, 0.6) is 0 Å². The van der Waals surface area contributed by atoms with Crippen LogP contribution in [0.1, 0.15) is 1.43 Å². The summed E-state index contributed by atoms with van der Waals surface area (Å²) in [6.07, 6.45) is 0. The number of hydrogen-bond acceptors (Lipinski definition) is 2. The minimum absolute atomic E-state index is 0. The summed E-state index contributed by atoms with van der Waals surface area (Å²) in [5, 5.41) is 15.0. The lowest BCUT2D eigenvalue weighted by Gasteiger charge is -1.95. The molecular weight excluding hydrogens is 94.1 g/mol. The van der Waals surface area contributed by atoms with Crippen molar-refractivity contribution in [2.75, 3.05) is 0 Å². The average molecular weight is 102 g/mol. The summed E-state index contributed by atoms with van der Waals surface area (Å²) in [7, 11) is 0. The van der Waals surface area contributed by atoms with E-state index >= 15 is 0 Å². The van der Waals surface area contributed by atoms with Gasteiger partial charge in [-0.3, -0.25) is 16.1 Å². The lowest BCUT2D eigenvalue weighted by molar-refractivity contribution is 1.19. The summed E-state index contributed by atoms with van der Waals surface area (Å²) in [6.45, 7) is 0. The number of nitrogens with two attached hydrogens (primary N) is 2. The lowest BCUT2D eigenvalue weighted by atomic mass is 10.9. The molecule has 0 atom stereocenters. The average Bonchev–Trinajstić information content (AvgIpc) is 1.27. The Morgan fingerprint density at radius 2 is 1.57 bits per heavy atom. The van der Waals surface area contributed by atoms with Crippen LogP contribution in [-0.2, 0) is 0 Å². The first kappa shape index (κ1) is 5.74. The van der Waals surface area contributed by atoms with Gasteiger partial charge in [-0.15, -0.1) is 0 Å². The van der Waals surface area contributed by atoms with Gasteiger partial charge in [0.1, 0.15) is 0 Å². The third-order valence-corrected chi connectivity index (χ3v) is 0.269. The fourth-order valence-corrected chi connectivity index (χ4v) is 0.145. The Morgan fingerprint density at radius 3 is 1.57 bits per heavy atom. The summed E-state index contributed by atoms with van der Waals surface area (Å²) >= 11 is 0. The molecule has 0 amide bonds. The zero-order valence-electron chi connectivity index (χ0n) is 4.65. The molecule has 7 N–H and O–H groups in total. The van der Waals surface area contributed by atoms with Crippen LogP contribution in [0.15, 0.2) is 0 Å². The summed E-state index contributed by atoms with van der Waals surface area (Å²) in [4.78, 5) is 0. The SMILES string of the molecule is N=C(N)NC(=N)N.[H]. The van der Waals surface area contributed by atoms with Gasteiger partial charge in [-0.25, -0.2) is 0 Å². The van der Waals surface area contributed by atoms with Crippen molar-refractivity contribution in [3.63, 3.8) is 0 Å². The van der Waals surface area contributed by atoms with Crippen molar-refractivity contribution < 1.29 is 1.43 Å². The minimum Gasteiger partial charge on any atom is -0.370 e. The van der Waals surface area contributed by atoms with Crippen LogP contribution in [0.2, 0.25) is 0 Å². The van der Waals surface area contributed by atoms with Crippen LogP contribution < -0.4 is 16.8 Å². The molecule has 0 rings (SSSR count). The Kier molecular flexibility index (Phi) is 1.65. The maximum Gasteiger partial charge on any atom is 0.192 e. The summed E-state index contributed by atoms with van der Waals surface area (Å²) in [5.41, 5.74) is 9.49. The fraction of sp³-hybridized carbons (Fsp3) is 0. The van der Waals surface area contributed by atoms with E-state index in [0.717, 1.165) is 0 Å². The van der Waals surface area contributed by atoms with Crippen molar-refractivity contribution >= 4 is 11.9 Å². The Hall–Kier alpha value is -1.26. The van der Waals surface area contributed by atoms with E-state index in [0.29, 0.717) is 0 Å². The summed E-state index contributed by atoms with van der Waals surface area (Å²) < 4.78 is 0. The van der Waals surface area contributed by atoms with Gasteiger partial charge in [0.15, 0.2) is 11.9 Å². The zero-order chi connectivity index (χ0) is 5.86. The van der Waals surface area contributed by atoms with E-state index in [1.165, 1.54) is 0 Å². The van der Waals surface area contributed by atoms with Crippen LogP contribution in [0.4, 0.5) is 0 Å². The van der Waals surface area contributed by atoms with Gasteiger partial charge in [0.25, 0.3) is 0 Å². The molecule has 0 aliphatic rings. The normalized spacial score (nSPS) is 7.43. The van der Waals surface area contributed by atoms with Crippen LogP contribution in [0, 0.1) is 10.8 Å². The van der Waals surface area contributed by atoms with Crippen LogP contribution in [0.3, 0.4) is 0 Å². The van der Waals surface area contributed by atoms with Crippen molar-refractivity contribution in [3.05, 3.63) is 0 Å². The number of rotatable bonds is 0. The van der Waals surface area contributed by atoms with Crippen LogP contribution in [0.25, 0.3) is 0 Å². The molecule has 5 heteroatoms. The van der Waals surface area contributed by atoms with Gasteiger partial charge in [0.2, 0.25) is 0 Å². The van der Waals surface area contributed by atoms with E-state index in [4.69, 9.17) is 22.3 Å². The zero-order valence-corrected chi connectivity index (χ0v) is 3.65. The Morgan fingerprint density at radius 1 is 1.29 bits per heavy atom. The van der Waals surface area contributed by atoms with Gasteiger partial charge in [-0.2, -0.15) is 0 Å². The lowest BCUT2D eigenvalue weighted by Crippen LogP contribution is -2.39. The second-order valence-electron chi connectivity index (χ2n) is 0.952. The first-order chi connectivity index (χ1) is 3.13. The third-order valence-electron chi connectivity index (χ3n) is 0.269. The molecule has 0 saturated carbocycles. The van der Waals surface area contributed by atoms with Crippen LogP contribution >= 0.6 is 0 Å². The molecule has 0 aliphatic carbocycles. The van der Waals surface area contributed by atoms with Gasteiger partial charge in [-0.1, -0.05) is 0 Å². The van der Waals surface area contributed by atoms with Gasteiger partial charge < -0.3 is 11.5 Å². The molecule has 1 radical (unpaired) electrons. The molecular formula is C2H8N5. The first-order valence-electron chi connectivity index (χ1n) is 1.58. The maximum absolute atomic E-state index is 6.47. The molecule has 0 saturated heterocycles. The van der Waals surface area contributed by atoms with Crippen molar-refractivity contribution in [1.82, 2.24) is 5.32 Å². The monoisotopic (exact) mass is 102 g/mol. The maximum atomic E-state index is 6.47. The predicted molar refractivity (Wildman–Crippen MR) is 28.1 cm³/mol. The van der Waals surface area contributed by atoms with E-state index in [2.05, 4.69) is 0 Å². The molecule has 0 fully saturated rings. The van der Waals surface area contributed by atoms with Crippen LogP contribution in [-0.4, -0.2) is 11.9 Å². The number of guanidine groups is 2. The van der Waals surface area contributed by atoms with E-state index in [-0.39, 0.29) is 13.3 Å². The Labute approximate surface area is 42.2 Å². The smallest absolute Gasteiger partial charge is 0.192 e. The van der Waals surface area contributed by atoms with Gasteiger partial charge in [0.05, 0.1) is 0 Å². The molecule has 7 heavy (non-hydrogen) atoms. The highest BCUT2D eigenvalue weighted by molar-refractivity contribution is 5.93. The highest BCUT2D eigenvalue weighted by Gasteiger charge is 1.83. The molecule has 0 aliphatic heterocycles. The van der Waals surface area contributed by atoms with E-state index < -0.39 is 0 Å². The fourth-order valence-electron chi connectivity index (χ4n) is 0.145. The quantitative estimate of drug-likeness (QED) is 0.189.